The molecule has 12 heavy (non-hydrogen) atoms. The third kappa shape index (κ3) is 2.25. The van der Waals surface area contributed by atoms with Crippen LogP contribution in [-0.2, 0) is 6.54 Å². The molecular formula is C8H10INO2. The maximum Gasteiger partial charge on any atom is 0.160 e. The lowest BCUT2D eigenvalue weighted by Gasteiger charge is -2.05. The smallest absolute Gasteiger partial charge is 0.160 e. The predicted molar refractivity (Wildman–Crippen MR) is 55.5 cm³/mol. The molecule has 0 heterocycles. The van der Waals surface area contributed by atoms with Gasteiger partial charge in [0.25, 0.3) is 0 Å². The highest BCUT2D eigenvalue weighted by Gasteiger charge is 2.01. The van der Waals surface area contributed by atoms with Gasteiger partial charge in [-0.2, -0.15) is 0 Å². The number of ether oxygens (including phenoxy) is 1. The Bertz CT molecular complexity index is 265. The van der Waals surface area contributed by atoms with Crippen LogP contribution in [0.15, 0.2) is 18.2 Å². The fourth-order valence-electron chi connectivity index (χ4n) is 0.909. The van der Waals surface area contributed by atoms with Crippen molar-refractivity contribution < 1.29 is 9.84 Å². The fraction of sp³-hybridized carbons (Fsp3) is 0.250. The van der Waals surface area contributed by atoms with Crippen LogP contribution in [-0.4, -0.2) is 12.2 Å². The maximum atomic E-state index is 9.26. The fourth-order valence-corrected chi connectivity index (χ4v) is 1.35. The molecule has 3 nitrogen and oxygen atoms in total. The van der Waals surface area contributed by atoms with E-state index in [1.807, 2.05) is 6.07 Å². The molecule has 1 aromatic carbocycles. The van der Waals surface area contributed by atoms with Gasteiger partial charge in [-0.05, 0) is 17.7 Å². The van der Waals surface area contributed by atoms with Crippen molar-refractivity contribution in [3.63, 3.8) is 0 Å². The molecule has 1 rings (SSSR count). The van der Waals surface area contributed by atoms with E-state index in [0.717, 1.165) is 12.1 Å². The van der Waals surface area contributed by atoms with Gasteiger partial charge in [0.1, 0.15) is 0 Å². The number of benzene rings is 1. The Hall–Kier alpha value is -0.490. The molecule has 0 amide bonds. The third-order valence-electron chi connectivity index (χ3n) is 1.52. The second-order valence-electron chi connectivity index (χ2n) is 2.32. The lowest BCUT2D eigenvalue weighted by molar-refractivity contribution is 0.373. The quantitative estimate of drug-likeness (QED) is 0.655. The summed E-state index contributed by atoms with van der Waals surface area (Å²) in [5, 5.41) is 9.26. The van der Waals surface area contributed by atoms with Crippen molar-refractivity contribution in [2.75, 3.05) is 7.11 Å². The zero-order chi connectivity index (χ0) is 8.97. The molecule has 2 N–H and O–H groups in total. The van der Waals surface area contributed by atoms with Crippen LogP contribution in [0.5, 0.6) is 11.5 Å². The summed E-state index contributed by atoms with van der Waals surface area (Å²) in [5.41, 5.74) is 1.08. The van der Waals surface area contributed by atoms with Crippen molar-refractivity contribution in [3.05, 3.63) is 23.8 Å². The van der Waals surface area contributed by atoms with E-state index in [1.165, 1.54) is 7.11 Å². The summed E-state index contributed by atoms with van der Waals surface area (Å²) in [4.78, 5) is 0. The first kappa shape index (κ1) is 9.60. The molecule has 66 valence electrons. The lowest BCUT2D eigenvalue weighted by atomic mass is 10.2. The minimum absolute atomic E-state index is 0.176. The average molecular weight is 279 g/mol. The summed E-state index contributed by atoms with van der Waals surface area (Å²) < 4.78 is 7.94. The summed E-state index contributed by atoms with van der Waals surface area (Å²) in [5.74, 6) is 0.689. The van der Waals surface area contributed by atoms with Crippen molar-refractivity contribution in [2.24, 2.45) is 0 Å². The number of halogens is 1. The summed E-state index contributed by atoms with van der Waals surface area (Å²) in [6.07, 6.45) is 0. The first-order chi connectivity index (χ1) is 5.77. The highest BCUT2D eigenvalue weighted by Crippen LogP contribution is 2.26. The van der Waals surface area contributed by atoms with Gasteiger partial charge < -0.3 is 9.84 Å². The molecule has 0 saturated heterocycles. The molecule has 1 aromatic rings. The standard InChI is InChI=1S/C8H10INO2/c1-12-8-4-6(5-10-9)2-3-7(8)11/h2-4,10-11H,5H2,1H3. The van der Waals surface area contributed by atoms with Gasteiger partial charge in [0.15, 0.2) is 11.5 Å². The van der Waals surface area contributed by atoms with Gasteiger partial charge in [0.2, 0.25) is 0 Å². The molecule has 0 atom stereocenters. The number of hydrogen-bond donors (Lipinski definition) is 2. The number of methoxy groups -OCH3 is 1. The van der Waals surface area contributed by atoms with Gasteiger partial charge in [0.05, 0.1) is 7.11 Å². The largest absolute Gasteiger partial charge is 0.504 e. The third-order valence-corrected chi connectivity index (χ3v) is 1.90. The normalized spacial score (nSPS) is 9.83. The average Bonchev–Trinajstić information content (AvgIpc) is 2.09. The minimum Gasteiger partial charge on any atom is -0.504 e. The number of phenols is 1. The Balaban J connectivity index is 2.89. The number of nitrogens with one attached hydrogen (secondary N) is 1. The Labute approximate surface area is 85.2 Å². The van der Waals surface area contributed by atoms with Crippen LogP contribution in [0, 0.1) is 0 Å². The van der Waals surface area contributed by atoms with E-state index in [2.05, 4.69) is 26.4 Å². The Morgan fingerprint density at radius 2 is 2.33 bits per heavy atom. The van der Waals surface area contributed by atoms with Crippen LogP contribution in [0.1, 0.15) is 5.56 Å². The highest BCUT2D eigenvalue weighted by molar-refractivity contribution is 14.1. The monoisotopic (exact) mass is 279 g/mol. The van der Waals surface area contributed by atoms with E-state index in [9.17, 15) is 5.11 Å². The second-order valence-corrected chi connectivity index (χ2v) is 3.08. The van der Waals surface area contributed by atoms with Gasteiger partial charge in [-0.1, -0.05) is 6.07 Å². The summed E-state index contributed by atoms with van der Waals surface area (Å²) in [6, 6.07) is 5.28. The van der Waals surface area contributed by atoms with Crippen LogP contribution in [0.4, 0.5) is 0 Å². The first-order valence-corrected chi connectivity index (χ1v) is 4.55. The van der Waals surface area contributed by atoms with E-state index in [0.29, 0.717) is 5.75 Å². The Kier molecular flexibility index (Phi) is 3.61. The summed E-state index contributed by atoms with van der Waals surface area (Å²) in [6.45, 7) is 0.761. The van der Waals surface area contributed by atoms with Crippen LogP contribution >= 0.6 is 22.9 Å². The predicted octanol–water partition coefficient (Wildman–Crippen LogP) is 1.84. The van der Waals surface area contributed by atoms with Crippen molar-refractivity contribution in [3.8, 4) is 11.5 Å². The number of aromatic hydroxyl groups is 1. The Morgan fingerprint density at radius 3 is 2.92 bits per heavy atom. The van der Waals surface area contributed by atoms with E-state index in [1.54, 1.807) is 12.1 Å². The van der Waals surface area contributed by atoms with Gasteiger partial charge >= 0.3 is 0 Å². The van der Waals surface area contributed by atoms with Gasteiger partial charge in [-0.25, -0.2) is 0 Å². The van der Waals surface area contributed by atoms with Crippen LogP contribution in [0.2, 0.25) is 0 Å². The molecule has 0 fully saturated rings. The molecule has 0 aliphatic heterocycles. The van der Waals surface area contributed by atoms with E-state index < -0.39 is 0 Å². The second kappa shape index (κ2) is 4.51. The van der Waals surface area contributed by atoms with Crippen LogP contribution in [0.3, 0.4) is 0 Å². The van der Waals surface area contributed by atoms with Crippen molar-refractivity contribution >= 4 is 22.9 Å². The van der Waals surface area contributed by atoms with E-state index in [4.69, 9.17) is 4.74 Å². The van der Waals surface area contributed by atoms with Crippen LogP contribution < -0.4 is 8.27 Å². The molecule has 0 spiro atoms. The molecule has 4 heteroatoms. The van der Waals surface area contributed by atoms with Gasteiger partial charge in [0, 0.05) is 29.4 Å². The van der Waals surface area contributed by atoms with Crippen molar-refractivity contribution in [1.29, 1.82) is 0 Å². The minimum atomic E-state index is 0.176. The zero-order valence-electron chi connectivity index (χ0n) is 6.67. The van der Waals surface area contributed by atoms with Crippen LogP contribution in [0.25, 0.3) is 0 Å². The summed E-state index contributed by atoms with van der Waals surface area (Å²) >= 11 is 2.07. The maximum absolute atomic E-state index is 9.26. The molecule has 0 aliphatic carbocycles. The van der Waals surface area contributed by atoms with Crippen molar-refractivity contribution in [1.82, 2.24) is 3.53 Å². The van der Waals surface area contributed by atoms with E-state index >= 15 is 0 Å². The number of hydrogen-bond acceptors (Lipinski definition) is 3. The Morgan fingerprint density at radius 1 is 1.58 bits per heavy atom. The zero-order valence-corrected chi connectivity index (χ0v) is 8.83. The number of phenolic OH excluding ortho intramolecular Hbond substituents is 1. The highest BCUT2D eigenvalue weighted by atomic mass is 127. The topological polar surface area (TPSA) is 41.5 Å². The molecule has 0 aromatic heterocycles. The molecule has 0 aliphatic rings. The van der Waals surface area contributed by atoms with Gasteiger partial charge in [-0.3, -0.25) is 3.53 Å². The molecule has 0 bridgehead atoms. The lowest BCUT2D eigenvalue weighted by Crippen LogP contribution is -1.97. The number of rotatable bonds is 3. The molecule has 0 unspecified atom stereocenters. The molecular weight excluding hydrogens is 269 g/mol. The van der Waals surface area contributed by atoms with Crippen molar-refractivity contribution in [2.45, 2.75) is 6.54 Å². The van der Waals surface area contributed by atoms with E-state index in [-0.39, 0.29) is 5.75 Å². The molecule has 0 radical (unpaired) electrons. The molecule has 0 saturated carbocycles. The van der Waals surface area contributed by atoms with Gasteiger partial charge in [-0.15, -0.1) is 0 Å². The SMILES string of the molecule is COc1cc(CNI)ccc1O. The summed E-state index contributed by atoms with van der Waals surface area (Å²) in [7, 11) is 1.54. The first-order valence-electron chi connectivity index (χ1n) is 3.47.